The van der Waals surface area contributed by atoms with E-state index in [9.17, 15) is 9.90 Å². The Kier molecular flexibility index (Phi) is 12.2. The molecule has 0 spiro atoms. The van der Waals surface area contributed by atoms with Gasteiger partial charge in [-0.3, -0.25) is 4.79 Å². The molecule has 0 amide bonds. The van der Waals surface area contributed by atoms with E-state index in [1.165, 1.54) is 32.8 Å². The van der Waals surface area contributed by atoms with Crippen LogP contribution in [0.4, 0.5) is 0 Å². The maximum atomic E-state index is 11.5. The lowest BCUT2D eigenvalue weighted by Crippen LogP contribution is -2.27. The Hall–Kier alpha value is -1.09. The molecule has 0 aliphatic rings. The first-order chi connectivity index (χ1) is 9.67. The second kappa shape index (κ2) is 12.9. The number of hydrogen-bond acceptors (Lipinski definition) is 3. The number of carbonyl (C=O) groups excluding carboxylic acids is 1. The molecule has 20 heavy (non-hydrogen) atoms. The van der Waals surface area contributed by atoms with Gasteiger partial charge in [0.2, 0.25) is 0 Å². The van der Waals surface area contributed by atoms with Gasteiger partial charge in [0.1, 0.15) is 5.92 Å². The standard InChI is InChI=1S/C17H30O3/c1-4-6-7-8-9-10-11-12-14-16(18)15(13-5-2)17(19)20-3/h4-5,13,15-16,18H,1,6-12,14H2,2-3H3/b13-5-/t15-,16-/m0/s1. The van der Waals surface area contributed by atoms with Crippen molar-refractivity contribution < 1.29 is 14.6 Å². The number of methoxy groups -OCH3 is 1. The second-order valence-corrected chi connectivity index (χ2v) is 5.13. The van der Waals surface area contributed by atoms with Crippen molar-refractivity contribution in [1.29, 1.82) is 0 Å². The van der Waals surface area contributed by atoms with E-state index in [1.54, 1.807) is 12.2 Å². The number of unbranched alkanes of at least 4 members (excludes halogenated alkanes) is 6. The largest absolute Gasteiger partial charge is 0.468 e. The normalized spacial score (nSPS) is 14.2. The predicted molar refractivity (Wildman–Crippen MR) is 83.5 cm³/mol. The maximum Gasteiger partial charge on any atom is 0.315 e. The van der Waals surface area contributed by atoms with Crippen LogP contribution in [0, 0.1) is 5.92 Å². The zero-order valence-electron chi connectivity index (χ0n) is 13.0. The minimum Gasteiger partial charge on any atom is -0.468 e. The van der Waals surface area contributed by atoms with Gasteiger partial charge in [0.05, 0.1) is 13.2 Å². The van der Waals surface area contributed by atoms with E-state index in [2.05, 4.69) is 6.58 Å². The highest BCUT2D eigenvalue weighted by Crippen LogP contribution is 2.16. The summed E-state index contributed by atoms with van der Waals surface area (Å²) in [6.07, 6.45) is 13.5. The van der Waals surface area contributed by atoms with Crippen LogP contribution in [0.25, 0.3) is 0 Å². The summed E-state index contributed by atoms with van der Waals surface area (Å²) in [5.41, 5.74) is 0. The second-order valence-electron chi connectivity index (χ2n) is 5.13. The molecular formula is C17H30O3. The Bertz CT molecular complexity index is 284. The fraction of sp³-hybridized carbons (Fsp3) is 0.706. The van der Waals surface area contributed by atoms with E-state index in [4.69, 9.17) is 4.74 Å². The molecule has 3 nitrogen and oxygen atoms in total. The summed E-state index contributed by atoms with van der Waals surface area (Å²) in [6, 6.07) is 0. The Morgan fingerprint density at radius 1 is 1.20 bits per heavy atom. The smallest absolute Gasteiger partial charge is 0.315 e. The van der Waals surface area contributed by atoms with Crippen molar-refractivity contribution in [3.05, 3.63) is 24.8 Å². The number of allylic oxidation sites excluding steroid dienone is 2. The number of aliphatic hydroxyl groups is 1. The van der Waals surface area contributed by atoms with Crippen LogP contribution in [0.3, 0.4) is 0 Å². The van der Waals surface area contributed by atoms with E-state index in [0.29, 0.717) is 6.42 Å². The molecule has 116 valence electrons. The number of ether oxygens (including phenoxy) is 1. The van der Waals surface area contributed by atoms with Crippen molar-refractivity contribution in [2.24, 2.45) is 5.92 Å². The highest BCUT2D eigenvalue weighted by molar-refractivity contribution is 5.74. The highest BCUT2D eigenvalue weighted by atomic mass is 16.5. The molecule has 0 aromatic heterocycles. The highest BCUT2D eigenvalue weighted by Gasteiger charge is 2.24. The third-order valence-corrected chi connectivity index (χ3v) is 3.45. The van der Waals surface area contributed by atoms with Gasteiger partial charge >= 0.3 is 5.97 Å². The molecule has 3 heteroatoms. The first kappa shape index (κ1) is 18.9. The Morgan fingerprint density at radius 2 is 1.80 bits per heavy atom. The molecule has 0 heterocycles. The van der Waals surface area contributed by atoms with E-state index >= 15 is 0 Å². The van der Waals surface area contributed by atoms with Gasteiger partial charge in [-0.1, -0.05) is 50.3 Å². The summed E-state index contributed by atoms with van der Waals surface area (Å²) in [6.45, 7) is 5.55. The van der Waals surface area contributed by atoms with Crippen LogP contribution in [0.15, 0.2) is 24.8 Å². The van der Waals surface area contributed by atoms with E-state index in [-0.39, 0.29) is 5.97 Å². The fourth-order valence-corrected chi connectivity index (χ4v) is 2.24. The van der Waals surface area contributed by atoms with Crippen molar-refractivity contribution in [2.75, 3.05) is 7.11 Å². The molecule has 0 saturated heterocycles. The van der Waals surface area contributed by atoms with E-state index < -0.39 is 12.0 Å². The summed E-state index contributed by atoms with van der Waals surface area (Å²) in [4.78, 5) is 11.5. The quantitative estimate of drug-likeness (QED) is 0.334. The van der Waals surface area contributed by atoms with Crippen molar-refractivity contribution >= 4 is 5.97 Å². The average molecular weight is 282 g/mol. The zero-order valence-corrected chi connectivity index (χ0v) is 13.0. The Labute approximate surface area is 123 Å². The number of esters is 1. The molecule has 2 atom stereocenters. The lowest BCUT2D eigenvalue weighted by Gasteiger charge is -2.17. The minimum atomic E-state index is -0.639. The topological polar surface area (TPSA) is 46.5 Å². The summed E-state index contributed by atoms with van der Waals surface area (Å²) in [5, 5.41) is 10.1. The van der Waals surface area contributed by atoms with Gasteiger partial charge in [-0.25, -0.2) is 0 Å². The average Bonchev–Trinajstić information content (AvgIpc) is 2.46. The number of aliphatic hydroxyl groups excluding tert-OH is 1. The van der Waals surface area contributed by atoms with Gasteiger partial charge in [0, 0.05) is 0 Å². The molecular weight excluding hydrogens is 252 g/mol. The van der Waals surface area contributed by atoms with Crippen molar-refractivity contribution in [3.63, 3.8) is 0 Å². The summed E-state index contributed by atoms with van der Waals surface area (Å²) in [5.74, 6) is -0.891. The lowest BCUT2D eigenvalue weighted by atomic mass is 9.96. The van der Waals surface area contributed by atoms with Crippen LogP contribution >= 0.6 is 0 Å². The third kappa shape index (κ3) is 8.92. The van der Waals surface area contributed by atoms with Gasteiger partial charge in [-0.15, -0.1) is 6.58 Å². The Morgan fingerprint density at radius 3 is 2.35 bits per heavy atom. The van der Waals surface area contributed by atoms with Crippen LogP contribution in [0.1, 0.15) is 58.3 Å². The molecule has 0 rings (SSSR count). The lowest BCUT2D eigenvalue weighted by molar-refractivity contribution is -0.147. The predicted octanol–water partition coefficient (Wildman–Crippen LogP) is 4.02. The Balaban J connectivity index is 3.76. The fourth-order valence-electron chi connectivity index (χ4n) is 2.24. The van der Waals surface area contributed by atoms with E-state index in [0.717, 1.165) is 19.3 Å². The van der Waals surface area contributed by atoms with Crippen LogP contribution in [-0.4, -0.2) is 24.3 Å². The van der Waals surface area contributed by atoms with Crippen LogP contribution in [0.5, 0.6) is 0 Å². The molecule has 0 bridgehead atoms. The molecule has 0 aromatic rings. The summed E-state index contributed by atoms with van der Waals surface area (Å²) >= 11 is 0. The monoisotopic (exact) mass is 282 g/mol. The molecule has 0 unspecified atom stereocenters. The summed E-state index contributed by atoms with van der Waals surface area (Å²) in [7, 11) is 1.36. The van der Waals surface area contributed by atoms with Gasteiger partial charge in [-0.2, -0.15) is 0 Å². The van der Waals surface area contributed by atoms with Crippen LogP contribution in [-0.2, 0) is 9.53 Å². The number of rotatable bonds is 12. The minimum absolute atomic E-state index is 0.361. The van der Waals surface area contributed by atoms with E-state index in [1.807, 2.05) is 13.0 Å². The number of hydrogen-bond donors (Lipinski definition) is 1. The maximum absolute atomic E-state index is 11.5. The molecule has 0 aliphatic carbocycles. The van der Waals surface area contributed by atoms with Gasteiger partial charge in [0.25, 0.3) is 0 Å². The first-order valence-electron chi connectivity index (χ1n) is 7.67. The van der Waals surface area contributed by atoms with Crippen molar-refractivity contribution in [3.8, 4) is 0 Å². The van der Waals surface area contributed by atoms with Gasteiger partial charge in [-0.05, 0) is 26.2 Å². The van der Waals surface area contributed by atoms with Gasteiger partial charge < -0.3 is 9.84 Å². The van der Waals surface area contributed by atoms with Crippen molar-refractivity contribution in [2.45, 2.75) is 64.4 Å². The van der Waals surface area contributed by atoms with Crippen molar-refractivity contribution in [1.82, 2.24) is 0 Å². The zero-order chi connectivity index (χ0) is 15.2. The van der Waals surface area contributed by atoms with Crippen LogP contribution < -0.4 is 0 Å². The molecule has 1 N–H and O–H groups in total. The molecule has 0 fully saturated rings. The molecule has 0 aliphatic heterocycles. The van der Waals surface area contributed by atoms with Crippen LogP contribution in [0.2, 0.25) is 0 Å². The molecule has 0 radical (unpaired) electrons. The SMILES string of the molecule is C=CCCCCCCCC[C@H](O)[C@H](/C=C\C)C(=O)OC. The summed E-state index contributed by atoms with van der Waals surface area (Å²) < 4.78 is 4.71. The molecule has 0 saturated carbocycles. The first-order valence-corrected chi connectivity index (χ1v) is 7.67. The molecule has 0 aromatic carbocycles. The number of carbonyl (C=O) groups is 1. The third-order valence-electron chi connectivity index (χ3n) is 3.45. The van der Waals surface area contributed by atoms with Gasteiger partial charge in [0.15, 0.2) is 0 Å².